The molecule has 0 bridgehead atoms. The number of carbonyl (C=O) groups excluding carboxylic acids is 1. The van der Waals surface area contributed by atoms with Crippen LogP contribution in [0.2, 0.25) is 5.02 Å². The predicted molar refractivity (Wildman–Crippen MR) is 96.0 cm³/mol. The third-order valence-electron chi connectivity index (χ3n) is 3.50. The number of hydrogen-bond acceptors (Lipinski definition) is 3. The molecule has 0 aromatic heterocycles. The van der Waals surface area contributed by atoms with Crippen molar-refractivity contribution in [3.63, 3.8) is 0 Å². The van der Waals surface area contributed by atoms with Gasteiger partial charge < -0.3 is 14.8 Å². The second-order valence-electron chi connectivity index (χ2n) is 5.60. The molecule has 2 rings (SSSR count). The van der Waals surface area contributed by atoms with Gasteiger partial charge in [0.2, 0.25) is 0 Å². The highest BCUT2D eigenvalue weighted by Gasteiger charge is 2.15. The first-order chi connectivity index (χ1) is 11.5. The third kappa shape index (κ3) is 5.17. The average Bonchev–Trinajstić information content (AvgIpc) is 2.55. The van der Waals surface area contributed by atoms with Crippen LogP contribution in [0, 0.1) is 13.8 Å². The van der Waals surface area contributed by atoms with Crippen LogP contribution < -0.4 is 14.8 Å². The van der Waals surface area contributed by atoms with Crippen LogP contribution in [0.15, 0.2) is 42.5 Å². The highest BCUT2D eigenvalue weighted by atomic mass is 35.5. The van der Waals surface area contributed by atoms with Gasteiger partial charge in [-0.25, -0.2) is 0 Å². The number of nitrogens with one attached hydrogen (secondary N) is 1. The molecule has 2 aromatic carbocycles. The van der Waals surface area contributed by atoms with E-state index in [-0.39, 0.29) is 5.91 Å². The Hall–Kier alpha value is -2.20. The molecule has 24 heavy (non-hydrogen) atoms. The summed E-state index contributed by atoms with van der Waals surface area (Å²) < 4.78 is 11.3. The van der Waals surface area contributed by atoms with Crippen molar-refractivity contribution in [3.05, 3.63) is 58.6 Å². The number of ether oxygens (including phenoxy) is 2. The molecule has 0 saturated carbocycles. The van der Waals surface area contributed by atoms with Gasteiger partial charge in [0.05, 0.1) is 11.6 Å². The zero-order chi connectivity index (χ0) is 17.5. The minimum absolute atomic E-state index is 0.209. The van der Waals surface area contributed by atoms with Crippen LogP contribution in [0.5, 0.6) is 11.5 Å². The topological polar surface area (TPSA) is 47.6 Å². The first-order valence-corrected chi connectivity index (χ1v) is 8.24. The maximum absolute atomic E-state index is 12.0. The Balaban J connectivity index is 1.75. The summed E-state index contributed by atoms with van der Waals surface area (Å²) in [7, 11) is 0. The van der Waals surface area contributed by atoms with Crippen molar-refractivity contribution in [2.45, 2.75) is 26.9 Å². The highest BCUT2D eigenvalue weighted by molar-refractivity contribution is 6.32. The Morgan fingerprint density at radius 1 is 1.17 bits per heavy atom. The summed E-state index contributed by atoms with van der Waals surface area (Å²) >= 11 is 6.02. The summed E-state index contributed by atoms with van der Waals surface area (Å²) in [6.45, 7) is 6.53. The fraction of sp³-hybridized carbons (Fsp3) is 0.316. The molecule has 0 spiro atoms. The minimum Gasteiger partial charge on any atom is -0.491 e. The number of carbonyl (C=O) groups is 1. The Bertz CT molecular complexity index is 703. The lowest BCUT2D eigenvalue weighted by Crippen LogP contribution is -2.38. The van der Waals surface area contributed by atoms with Crippen LogP contribution >= 0.6 is 11.6 Å². The molecule has 0 aliphatic heterocycles. The first-order valence-electron chi connectivity index (χ1n) is 7.86. The fourth-order valence-corrected chi connectivity index (χ4v) is 2.40. The van der Waals surface area contributed by atoms with Crippen molar-refractivity contribution in [2.24, 2.45) is 0 Å². The van der Waals surface area contributed by atoms with E-state index in [4.69, 9.17) is 21.1 Å². The van der Waals surface area contributed by atoms with Gasteiger partial charge in [0.15, 0.2) is 6.10 Å². The summed E-state index contributed by atoms with van der Waals surface area (Å²) in [4.78, 5) is 12.0. The van der Waals surface area contributed by atoms with Gasteiger partial charge in [0.1, 0.15) is 18.1 Å². The van der Waals surface area contributed by atoms with E-state index in [1.165, 1.54) is 5.56 Å². The predicted octanol–water partition coefficient (Wildman–Crippen LogP) is 3.92. The van der Waals surface area contributed by atoms with Gasteiger partial charge in [-0.2, -0.15) is 0 Å². The minimum atomic E-state index is -0.633. The standard InChI is InChI=1S/C19H22ClNO3/c1-13-8-9-17(14(2)12-13)23-11-10-21-19(22)15(3)24-18-7-5-4-6-16(18)20/h4-9,12,15H,10-11H2,1-3H3,(H,21,22)/t15-/m0/s1. The Kier molecular flexibility index (Phi) is 6.50. The maximum atomic E-state index is 12.0. The van der Waals surface area contributed by atoms with Gasteiger partial charge in [-0.1, -0.05) is 41.4 Å². The number of para-hydroxylation sites is 1. The number of halogens is 1. The summed E-state index contributed by atoms with van der Waals surface area (Å²) in [6.07, 6.45) is -0.633. The molecule has 2 aromatic rings. The molecule has 0 heterocycles. The lowest BCUT2D eigenvalue weighted by Gasteiger charge is -2.16. The average molecular weight is 348 g/mol. The van der Waals surface area contributed by atoms with Crippen molar-refractivity contribution in [2.75, 3.05) is 13.2 Å². The van der Waals surface area contributed by atoms with Crippen molar-refractivity contribution >= 4 is 17.5 Å². The molecule has 1 N–H and O–H groups in total. The van der Waals surface area contributed by atoms with Gasteiger partial charge in [-0.05, 0) is 44.5 Å². The summed E-state index contributed by atoms with van der Waals surface area (Å²) in [5.74, 6) is 1.11. The lowest BCUT2D eigenvalue weighted by atomic mass is 10.1. The third-order valence-corrected chi connectivity index (χ3v) is 3.81. The van der Waals surface area contributed by atoms with E-state index in [2.05, 4.69) is 11.4 Å². The fourth-order valence-electron chi connectivity index (χ4n) is 2.22. The molecule has 0 aliphatic carbocycles. The van der Waals surface area contributed by atoms with Crippen molar-refractivity contribution in [1.82, 2.24) is 5.32 Å². The quantitative estimate of drug-likeness (QED) is 0.772. The SMILES string of the molecule is Cc1ccc(OCCNC(=O)[C@H](C)Oc2ccccc2Cl)c(C)c1. The summed E-state index contributed by atoms with van der Waals surface area (Å²) in [5.41, 5.74) is 2.27. The van der Waals surface area contributed by atoms with Crippen LogP contribution in [0.4, 0.5) is 0 Å². The zero-order valence-electron chi connectivity index (χ0n) is 14.1. The Labute approximate surface area is 147 Å². The normalized spacial score (nSPS) is 11.7. The number of benzene rings is 2. The zero-order valence-corrected chi connectivity index (χ0v) is 14.9. The number of aryl methyl sites for hydroxylation is 2. The first kappa shape index (κ1) is 18.1. The monoisotopic (exact) mass is 347 g/mol. The second-order valence-corrected chi connectivity index (χ2v) is 6.01. The number of amides is 1. The van der Waals surface area contributed by atoms with Gasteiger partial charge in [-0.15, -0.1) is 0 Å². The Morgan fingerprint density at radius 2 is 1.92 bits per heavy atom. The van der Waals surface area contributed by atoms with Gasteiger partial charge >= 0.3 is 0 Å². The van der Waals surface area contributed by atoms with Crippen LogP contribution in [0.3, 0.4) is 0 Å². The molecule has 0 fully saturated rings. The molecular formula is C19H22ClNO3. The van der Waals surface area contributed by atoms with E-state index >= 15 is 0 Å². The molecular weight excluding hydrogens is 326 g/mol. The van der Waals surface area contributed by atoms with Crippen LogP contribution in [-0.4, -0.2) is 25.2 Å². The maximum Gasteiger partial charge on any atom is 0.260 e. The number of rotatable bonds is 7. The van der Waals surface area contributed by atoms with Crippen LogP contribution in [0.1, 0.15) is 18.1 Å². The van der Waals surface area contributed by atoms with E-state index < -0.39 is 6.10 Å². The van der Waals surface area contributed by atoms with Crippen LogP contribution in [0.25, 0.3) is 0 Å². The molecule has 4 nitrogen and oxygen atoms in total. The van der Waals surface area contributed by atoms with E-state index in [1.54, 1.807) is 19.1 Å². The van der Waals surface area contributed by atoms with E-state index in [0.29, 0.717) is 23.9 Å². The van der Waals surface area contributed by atoms with E-state index in [9.17, 15) is 4.79 Å². The molecule has 1 amide bonds. The van der Waals surface area contributed by atoms with Crippen molar-refractivity contribution in [3.8, 4) is 11.5 Å². The molecule has 128 valence electrons. The van der Waals surface area contributed by atoms with Crippen molar-refractivity contribution in [1.29, 1.82) is 0 Å². The molecule has 0 radical (unpaired) electrons. The van der Waals surface area contributed by atoms with Crippen LogP contribution in [-0.2, 0) is 4.79 Å². The van der Waals surface area contributed by atoms with Gasteiger partial charge in [-0.3, -0.25) is 4.79 Å². The highest BCUT2D eigenvalue weighted by Crippen LogP contribution is 2.24. The largest absolute Gasteiger partial charge is 0.491 e. The van der Waals surface area contributed by atoms with Gasteiger partial charge in [0.25, 0.3) is 5.91 Å². The molecule has 0 saturated heterocycles. The smallest absolute Gasteiger partial charge is 0.260 e. The summed E-state index contributed by atoms with van der Waals surface area (Å²) in [5, 5.41) is 3.27. The molecule has 0 aliphatic rings. The van der Waals surface area contributed by atoms with E-state index in [0.717, 1.165) is 11.3 Å². The van der Waals surface area contributed by atoms with E-state index in [1.807, 2.05) is 38.1 Å². The Morgan fingerprint density at radius 3 is 2.62 bits per heavy atom. The molecule has 0 unspecified atom stereocenters. The number of hydrogen-bond donors (Lipinski definition) is 1. The van der Waals surface area contributed by atoms with Gasteiger partial charge in [0, 0.05) is 0 Å². The second kappa shape index (κ2) is 8.60. The molecule has 1 atom stereocenters. The van der Waals surface area contributed by atoms with Crippen molar-refractivity contribution < 1.29 is 14.3 Å². The lowest BCUT2D eigenvalue weighted by molar-refractivity contribution is -0.127. The summed E-state index contributed by atoms with van der Waals surface area (Å²) in [6, 6.07) is 13.1. The molecule has 5 heteroatoms.